The fourth-order valence-electron chi connectivity index (χ4n) is 5.46. The molecule has 2 unspecified atom stereocenters. The van der Waals surface area contributed by atoms with Gasteiger partial charge >= 0.3 is 5.97 Å². The molecule has 4 aromatic carbocycles. The summed E-state index contributed by atoms with van der Waals surface area (Å²) >= 11 is 0. The highest BCUT2D eigenvalue weighted by atomic mass is 32.2. The lowest BCUT2D eigenvalue weighted by Crippen LogP contribution is -2.32. The lowest BCUT2D eigenvalue weighted by molar-refractivity contribution is 0.0698. The number of carboxylic acids is 1. The number of sulfone groups is 1. The topological polar surface area (TPSA) is 155 Å². The Bertz CT molecular complexity index is 1900. The van der Waals surface area contributed by atoms with Gasteiger partial charge in [-0.05, 0) is 48.2 Å². The van der Waals surface area contributed by atoms with E-state index in [2.05, 4.69) is 10.3 Å². The van der Waals surface area contributed by atoms with Crippen LogP contribution in [0.5, 0.6) is 5.75 Å². The van der Waals surface area contributed by atoms with Gasteiger partial charge in [-0.2, -0.15) is 0 Å². The molecule has 0 saturated carbocycles. The van der Waals surface area contributed by atoms with E-state index in [0.717, 1.165) is 22.8 Å². The number of aliphatic hydroxyl groups is 1. The first-order valence-corrected chi connectivity index (χ1v) is 16.1. The Morgan fingerprint density at radius 1 is 1.00 bits per heavy atom. The maximum atomic E-state index is 13.3. The van der Waals surface area contributed by atoms with Crippen molar-refractivity contribution < 1.29 is 28.2 Å². The summed E-state index contributed by atoms with van der Waals surface area (Å²) in [6.07, 6.45) is 2.40. The number of anilines is 1. The maximum absolute atomic E-state index is 13.3. The molecule has 0 aliphatic rings. The number of nitrogens with one attached hydrogen (secondary N) is 2. The molecule has 10 heteroatoms. The van der Waals surface area contributed by atoms with Crippen LogP contribution in [0, 0.1) is 0 Å². The molecule has 0 aliphatic carbocycles. The van der Waals surface area contributed by atoms with E-state index in [1.807, 2.05) is 43.3 Å². The summed E-state index contributed by atoms with van der Waals surface area (Å²) in [6.45, 7) is 2.25. The van der Waals surface area contributed by atoms with Crippen LogP contribution < -0.4 is 15.8 Å². The summed E-state index contributed by atoms with van der Waals surface area (Å²) < 4.78 is 32.7. The molecule has 0 aliphatic heterocycles. The van der Waals surface area contributed by atoms with Crippen LogP contribution in [0.2, 0.25) is 0 Å². The second-order valence-electron chi connectivity index (χ2n) is 10.9. The number of aromatic nitrogens is 1. The normalized spacial score (nSPS) is 13.1. The van der Waals surface area contributed by atoms with Gasteiger partial charge in [-0.25, -0.2) is 13.2 Å². The van der Waals surface area contributed by atoms with Gasteiger partial charge in [0.05, 0.1) is 17.2 Å². The van der Waals surface area contributed by atoms with Crippen LogP contribution in [0.4, 0.5) is 5.69 Å². The molecular weight excluding hydrogens is 578 g/mol. The molecule has 228 valence electrons. The Kier molecular flexibility index (Phi) is 9.05. The number of hydrogen-bond acceptors (Lipinski definition) is 7. The summed E-state index contributed by atoms with van der Waals surface area (Å²) in [5.74, 6) is -0.829. The van der Waals surface area contributed by atoms with Crippen LogP contribution in [0.1, 0.15) is 40.1 Å². The molecule has 0 fully saturated rings. The molecule has 0 amide bonds. The number of carboxylic acid groups (broad SMARTS) is 1. The van der Waals surface area contributed by atoms with Crippen LogP contribution >= 0.6 is 0 Å². The molecule has 1 aromatic heterocycles. The molecule has 2 atom stereocenters. The number of ether oxygens (including phenoxy) is 1. The molecule has 9 nitrogen and oxygen atoms in total. The Balaban J connectivity index is 1.44. The van der Waals surface area contributed by atoms with E-state index in [1.54, 1.807) is 54.7 Å². The van der Waals surface area contributed by atoms with Crippen LogP contribution in [0.15, 0.2) is 96.0 Å². The second kappa shape index (κ2) is 12.9. The Hall–Kier alpha value is -4.64. The average molecular weight is 614 g/mol. The van der Waals surface area contributed by atoms with Crippen molar-refractivity contribution >= 4 is 32.4 Å². The first kappa shape index (κ1) is 30.8. The summed E-state index contributed by atoms with van der Waals surface area (Å²) in [7, 11) is -3.84. The standard InChI is InChI=1S/C34H35N3O6S/c1-21(17-23-18-37-32-24(23)12-8-13-27(32)34(39)40)36-19-29(38)26-15-16-30(43-20-22-9-4-3-5-10-22)33(44(2,41)42)31(26)25-11-6-7-14-28(25)35/h3-16,18,21,29,36-38H,17,19-20,35H2,1-2H3,(H,39,40). The highest BCUT2D eigenvalue weighted by Gasteiger charge is 2.28. The largest absolute Gasteiger partial charge is 0.488 e. The molecule has 1 heterocycles. The number of para-hydroxylation sites is 2. The predicted octanol–water partition coefficient (Wildman–Crippen LogP) is 5.35. The van der Waals surface area contributed by atoms with E-state index >= 15 is 0 Å². The summed E-state index contributed by atoms with van der Waals surface area (Å²) in [6, 6.07) is 24.7. The number of carbonyl (C=O) groups is 1. The van der Waals surface area contributed by atoms with Crippen LogP contribution in [0.3, 0.4) is 0 Å². The molecule has 0 spiro atoms. The van der Waals surface area contributed by atoms with Crippen molar-refractivity contribution in [2.24, 2.45) is 0 Å². The smallest absolute Gasteiger partial charge is 0.337 e. The summed E-state index contributed by atoms with van der Waals surface area (Å²) in [4.78, 5) is 14.6. The van der Waals surface area contributed by atoms with Gasteiger partial charge in [0.1, 0.15) is 17.3 Å². The number of rotatable bonds is 12. The number of nitrogen functional groups attached to an aromatic ring is 1. The van der Waals surface area contributed by atoms with E-state index in [0.29, 0.717) is 34.3 Å². The number of aliphatic hydroxyl groups excluding tert-OH is 1. The molecule has 0 bridgehead atoms. The molecule has 6 N–H and O–H groups in total. The van der Waals surface area contributed by atoms with Gasteiger partial charge in [0.2, 0.25) is 0 Å². The van der Waals surface area contributed by atoms with Crippen LogP contribution in [0.25, 0.3) is 22.0 Å². The number of aromatic carboxylic acids is 1. The van der Waals surface area contributed by atoms with Gasteiger partial charge in [0, 0.05) is 47.2 Å². The Morgan fingerprint density at radius 2 is 1.73 bits per heavy atom. The van der Waals surface area contributed by atoms with Crippen LogP contribution in [-0.2, 0) is 22.9 Å². The van der Waals surface area contributed by atoms with Gasteiger partial charge in [-0.15, -0.1) is 0 Å². The fourth-order valence-corrected chi connectivity index (χ4v) is 6.55. The number of benzene rings is 4. The van der Waals surface area contributed by atoms with Crippen molar-refractivity contribution in [2.45, 2.75) is 37.0 Å². The van der Waals surface area contributed by atoms with Gasteiger partial charge < -0.3 is 31.0 Å². The first-order valence-electron chi connectivity index (χ1n) is 14.2. The van der Waals surface area contributed by atoms with Crippen molar-refractivity contribution in [3.63, 3.8) is 0 Å². The van der Waals surface area contributed by atoms with Gasteiger partial charge in [0.25, 0.3) is 0 Å². The van der Waals surface area contributed by atoms with E-state index in [-0.39, 0.29) is 35.4 Å². The highest BCUT2D eigenvalue weighted by molar-refractivity contribution is 7.91. The zero-order chi connectivity index (χ0) is 31.4. The minimum absolute atomic E-state index is 0.0380. The number of H-pyrrole nitrogens is 1. The molecule has 0 saturated heterocycles. The average Bonchev–Trinajstić information content (AvgIpc) is 3.41. The summed E-state index contributed by atoms with van der Waals surface area (Å²) in [5, 5.41) is 25.1. The van der Waals surface area contributed by atoms with Crippen molar-refractivity contribution in [1.82, 2.24) is 10.3 Å². The van der Waals surface area contributed by atoms with E-state index in [9.17, 15) is 23.4 Å². The van der Waals surface area contributed by atoms with E-state index in [1.165, 1.54) is 0 Å². The number of fused-ring (bicyclic) bond motifs is 1. The van der Waals surface area contributed by atoms with Gasteiger partial charge in [-0.3, -0.25) is 0 Å². The Morgan fingerprint density at radius 3 is 2.43 bits per heavy atom. The molecular formula is C34H35N3O6S. The van der Waals surface area contributed by atoms with Gasteiger partial charge in [-0.1, -0.05) is 66.7 Å². The van der Waals surface area contributed by atoms with Crippen molar-refractivity contribution in [3.8, 4) is 16.9 Å². The molecule has 44 heavy (non-hydrogen) atoms. The van der Waals surface area contributed by atoms with E-state index in [4.69, 9.17) is 10.5 Å². The lowest BCUT2D eigenvalue weighted by Gasteiger charge is -2.23. The fraction of sp³-hybridized carbons (Fsp3) is 0.206. The maximum Gasteiger partial charge on any atom is 0.337 e. The molecule has 5 rings (SSSR count). The molecule has 5 aromatic rings. The third-order valence-corrected chi connectivity index (χ3v) is 8.72. The third kappa shape index (κ3) is 6.62. The SMILES string of the molecule is CC(Cc1c[nH]c2c(C(=O)O)cccc12)NCC(O)c1ccc(OCc2ccccc2)c(S(C)(=O)=O)c1-c1ccccc1N. The quantitative estimate of drug-likeness (QED) is 0.118. The van der Waals surface area contributed by atoms with E-state index < -0.39 is 21.9 Å². The Labute approximate surface area is 256 Å². The van der Waals surface area contributed by atoms with Crippen LogP contribution in [-0.4, -0.2) is 48.4 Å². The van der Waals surface area contributed by atoms with Gasteiger partial charge in [0.15, 0.2) is 9.84 Å². The lowest BCUT2D eigenvalue weighted by atomic mass is 9.94. The number of hydrogen-bond donors (Lipinski definition) is 5. The number of aromatic amines is 1. The number of nitrogens with two attached hydrogens (primary N) is 1. The first-order chi connectivity index (χ1) is 21.0. The highest BCUT2D eigenvalue weighted by Crippen LogP contribution is 2.42. The zero-order valence-electron chi connectivity index (χ0n) is 24.4. The third-order valence-electron chi connectivity index (χ3n) is 7.57. The minimum atomic E-state index is -3.84. The predicted molar refractivity (Wildman–Crippen MR) is 172 cm³/mol. The van der Waals surface area contributed by atoms with Crippen molar-refractivity contribution in [3.05, 3.63) is 113 Å². The van der Waals surface area contributed by atoms with Crippen molar-refractivity contribution in [1.29, 1.82) is 0 Å². The molecule has 0 radical (unpaired) electrons. The summed E-state index contributed by atoms with van der Waals surface area (Å²) in [5.41, 5.74) is 10.5. The minimum Gasteiger partial charge on any atom is -0.488 e. The second-order valence-corrected chi connectivity index (χ2v) is 12.8. The van der Waals surface area contributed by atoms with Crippen molar-refractivity contribution in [2.75, 3.05) is 18.5 Å². The monoisotopic (exact) mass is 613 g/mol. The zero-order valence-corrected chi connectivity index (χ0v) is 25.3.